The molecular weight excluding hydrogens is 306 g/mol. The van der Waals surface area contributed by atoms with Gasteiger partial charge in [0, 0.05) is 5.56 Å². The molecule has 0 aliphatic rings. The van der Waals surface area contributed by atoms with E-state index in [1.54, 1.807) is 0 Å². The van der Waals surface area contributed by atoms with Crippen LogP contribution in [-0.2, 0) is 9.53 Å². The van der Waals surface area contributed by atoms with Crippen LogP contribution in [0, 0.1) is 11.6 Å². The highest BCUT2D eigenvalue weighted by Crippen LogP contribution is 2.30. The summed E-state index contributed by atoms with van der Waals surface area (Å²) in [6.45, 7) is 1.43. The van der Waals surface area contributed by atoms with Crippen molar-refractivity contribution in [1.82, 2.24) is 0 Å². The fourth-order valence-corrected chi connectivity index (χ4v) is 1.64. The Kier molecular flexibility index (Phi) is 7.18. The minimum atomic E-state index is -2.32. The Morgan fingerprint density at radius 1 is 1.42 bits per heavy atom. The maximum atomic E-state index is 13.6. The number of benzene rings is 1. The smallest absolute Gasteiger partial charge is 0.342 e. The summed E-state index contributed by atoms with van der Waals surface area (Å²) in [5, 5.41) is -0.644. The lowest BCUT2D eigenvalue weighted by Gasteiger charge is -2.17. The summed E-state index contributed by atoms with van der Waals surface area (Å²) in [7, 11) is 0. The fraction of sp³-hybridized carbons (Fsp3) is 0.364. The molecule has 0 fully saturated rings. The van der Waals surface area contributed by atoms with Crippen LogP contribution in [0.15, 0.2) is 12.1 Å². The summed E-state index contributed by atoms with van der Waals surface area (Å²) in [6.07, 6.45) is -2.32. The van der Waals surface area contributed by atoms with E-state index in [4.69, 9.17) is 17.3 Å². The van der Waals surface area contributed by atoms with Gasteiger partial charge in [0.15, 0.2) is 0 Å². The molecule has 1 unspecified atom stereocenters. The average Bonchev–Trinajstić information content (AvgIpc) is 2.33. The molecule has 0 amide bonds. The number of carbonyl (C=O) groups is 1. The topological polar surface area (TPSA) is 52.3 Å². The van der Waals surface area contributed by atoms with Crippen LogP contribution in [0.25, 0.3) is 0 Å². The van der Waals surface area contributed by atoms with Crippen LogP contribution < -0.4 is 5.73 Å². The number of alkyl halides is 1. The van der Waals surface area contributed by atoms with Gasteiger partial charge in [0.25, 0.3) is 0 Å². The number of halogens is 5. The van der Waals surface area contributed by atoms with Gasteiger partial charge in [-0.05, 0) is 19.1 Å². The summed E-state index contributed by atoms with van der Waals surface area (Å²) in [4.78, 5) is 11.1. The van der Waals surface area contributed by atoms with E-state index in [1.165, 1.54) is 6.92 Å². The highest BCUT2D eigenvalue weighted by atomic mass is 35.5. The fourth-order valence-electron chi connectivity index (χ4n) is 1.36. The molecule has 0 aromatic heterocycles. The van der Waals surface area contributed by atoms with E-state index in [0.29, 0.717) is 0 Å². The minimum absolute atomic E-state index is 0. The molecule has 1 aromatic rings. The first-order valence-corrected chi connectivity index (χ1v) is 5.47. The van der Waals surface area contributed by atoms with Crippen molar-refractivity contribution in [3.05, 3.63) is 34.4 Å². The first-order chi connectivity index (χ1) is 8.40. The van der Waals surface area contributed by atoms with E-state index in [-0.39, 0.29) is 19.0 Å². The van der Waals surface area contributed by atoms with Crippen molar-refractivity contribution in [2.24, 2.45) is 5.73 Å². The van der Waals surface area contributed by atoms with Crippen molar-refractivity contribution < 1.29 is 22.7 Å². The lowest BCUT2D eigenvalue weighted by molar-refractivity contribution is -0.149. The van der Waals surface area contributed by atoms with E-state index < -0.39 is 40.4 Å². The van der Waals surface area contributed by atoms with E-state index in [9.17, 15) is 18.0 Å². The van der Waals surface area contributed by atoms with Crippen molar-refractivity contribution in [2.75, 3.05) is 6.61 Å². The largest absolute Gasteiger partial charge is 0.464 e. The highest BCUT2D eigenvalue weighted by Gasteiger charge is 2.32. The summed E-state index contributed by atoms with van der Waals surface area (Å²) < 4.78 is 44.6. The third-order valence-electron chi connectivity index (χ3n) is 2.24. The second-order valence-electron chi connectivity index (χ2n) is 3.44. The van der Waals surface area contributed by atoms with Crippen LogP contribution in [0.1, 0.15) is 18.5 Å². The van der Waals surface area contributed by atoms with Crippen molar-refractivity contribution in [3.63, 3.8) is 0 Å². The molecule has 3 nitrogen and oxygen atoms in total. The third kappa shape index (κ3) is 3.99. The Bertz CT molecular complexity index is 460. The van der Waals surface area contributed by atoms with E-state index >= 15 is 0 Å². The maximum absolute atomic E-state index is 13.6. The zero-order chi connectivity index (χ0) is 13.9. The number of rotatable bonds is 4. The molecule has 0 heterocycles. The van der Waals surface area contributed by atoms with Gasteiger partial charge in [0.2, 0.25) is 6.17 Å². The first-order valence-electron chi connectivity index (χ1n) is 5.09. The molecule has 0 bridgehead atoms. The van der Waals surface area contributed by atoms with E-state index in [1.807, 2.05) is 0 Å². The Labute approximate surface area is 119 Å². The van der Waals surface area contributed by atoms with Gasteiger partial charge >= 0.3 is 5.97 Å². The average molecular weight is 318 g/mol. The molecule has 19 heavy (non-hydrogen) atoms. The summed E-state index contributed by atoms with van der Waals surface area (Å²) in [5.41, 5.74) is 4.79. The van der Waals surface area contributed by atoms with Crippen LogP contribution in [0.4, 0.5) is 13.2 Å². The van der Waals surface area contributed by atoms with Crippen LogP contribution in [-0.4, -0.2) is 18.7 Å². The quantitative estimate of drug-likeness (QED) is 0.686. The van der Waals surface area contributed by atoms with E-state index in [2.05, 4.69) is 4.74 Å². The molecule has 2 N–H and O–H groups in total. The highest BCUT2D eigenvalue weighted by molar-refractivity contribution is 6.31. The van der Waals surface area contributed by atoms with Crippen LogP contribution in [0.5, 0.6) is 0 Å². The molecule has 8 heteroatoms. The summed E-state index contributed by atoms with van der Waals surface area (Å²) in [5.74, 6) is -3.18. The number of carbonyl (C=O) groups excluding carboxylic acids is 1. The Morgan fingerprint density at radius 3 is 2.47 bits per heavy atom. The van der Waals surface area contributed by atoms with Crippen LogP contribution in [0.2, 0.25) is 5.02 Å². The van der Waals surface area contributed by atoms with Crippen LogP contribution in [0.3, 0.4) is 0 Å². The molecule has 0 radical (unpaired) electrons. The van der Waals surface area contributed by atoms with Gasteiger partial charge in [0.05, 0.1) is 17.7 Å². The first kappa shape index (κ1) is 18.0. The number of ether oxygens (including phenoxy) is 1. The predicted octanol–water partition coefficient (Wildman–Crippen LogP) is 2.94. The molecule has 1 rings (SSSR count). The van der Waals surface area contributed by atoms with Gasteiger partial charge in [0.1, 0.15) is 11.6 Å². The molecule has 0 saturated carbocycles. The summed E-state index contributed by atoms with van der Waals surface area (Å²) in [6, 6.07) is -0.188. The number of esters is 1. The van der Waals surface area contributed by atoms with Gasteiger partial charge in [-0.15, -0.1) is 12.4 Å². The SMILES string of the molecule is CCOC(=O)C(F)[C@@H](N)c1c(F)ccc(F)c1Cl.Cl. The lowest BCUT2D eigenvalue weighted by atomic mass is 10.0. The van der Waals surface area contributed by atoms with E-state index in [0.717, 1.165) is 12.1 Å². The molecule has 1 aromatic carbocycles. The number of nitrogens with two attached hydrogens (primary N) is 1. The second kappa shape index (κ2) is 7.57. The molecule has 108 valence electrons. The van der Waals surface area contributed by atoms with Gasteiger partial charge in [-0.3, -0.25) is 0 Å². The normalized spacial score (nSPS) is 13.4. The minimum Gasteiger partial charge on any atom is -0.464 e. The third-order valence-corrected chi connectivity index (χ3v) is 2.62. The van der Waals surface area contributed by atoms with Crippen LogP contribution >= 0.6 is 24.0 Å². The molecule has 0 aliphatic carbocycles. The van der Waals surface area contributed by atoms with Gasteiger partial charge in [-0.1, -0.05) is 11.6 Å². The maximum Gasteiger partial charge on any atom is 0.342 e. The number of hydrogen-bond acceptors (Lipinski definition) is 3. The van der Waals surface area contributed by atoms with Crippen molar-refractivity contribution in [1.29, 1.82) is 0 Å². The summed E-state index contributed by atoms with van der Waals surface area (Å²) >= 11 is 5.51. The van der Waals surface area contributed by atoms with Gasteiger partial charge in [-0.2, -0.15) is 0 Å². The molecule has 0 aliphatic heterocycles. The Balaban J connectivity index is 0.00000324. The van der Waals surface area contributed by atoms with Gasteiger partial charge in [-0.25, -0.2) is 18.0 Å². The van der Waals surface area contributed by atoms with Crippen molar-refractivity contribution in [3.8, 4) is 0 Å². The zero-order valence-electron chi connectivity index (χ0n) is 9.83. The second-order valence-corrected chi connectivity index (χ2v) is 3.81. The molecule has 0 saturated heterocycles. The van der Waals surface area contributed by atoms with Crippen molar-refractivity contribution in [2.45, 2.75) is 19.1 Å². The Hall–Kier alpha value is -0.980. The molecular formula is C11H12Cl2F3NO2. The lowest BCUT2D eigenvalue weighted by Crippen LogP contribution is -2.32. The monoisotopic (exact) mass is 317 g/mol. The molecule has 0 spiro atoms. The predicted molar refractivity (Wildman–Crippen MR) is 67.1 cm³/mol. The van der Waals surface area contributed by atoms with Gasteiger partial charge < -0.3 is 10.5 Å². The zero-order valence-corrected chi connectivity index (χ0v) is 11.4. The molecule has 2 atom stereocenters. The standard InChI is InChI=1S/C11H11ClF3NO2.ClH/c1-2-18-11(17)9(15)10(16)7-5(13)3-4-6(14)8(7)12;/h3-4,9-10H,2,16H2,1H3;1H/t9?,10-;/m0./s1. The number of hydrogen-bond donors (Lipinski definition) is 1. The van der Waals surface area contributed by atoms with Crippen molar-refractivity contribution >= 4 is 30.0 Å². The Morgan fingerprint density at radius 2 is 1.95 bits per heavy atom.